The first-order valence-electron chi connectivity index (χ1n) is 7.93. The summed E-state index contributed by atoms with van der Waals surface area (Å²) < 4.78 is 1.37. The molecule has 0 unspecified atom stereocenters. The first kappa shape index (κ1) is 17.2. The number of H-pyrrole nitrogens is 1. The van der Waals surface area contributed by atoms with E-state index in [2.05, 4.69) is 15.4 Å². The number of hydrogen-bond acceptors (Lipinski definition) is 4. The lowest BCUT2D eigenvalue weighted by atomic mass is 9.99. The number of rotatable bonds is 7. The van der Waals surface area contributed by atoms with E-state index in [1.807, 2.05) is 13.8 Å². The summed E-state index contributed by atoms with van der Waals surface area (Å²) >= 11 is 0. The van der Waals surface area contributed by atoms with Gasteiger partial charge in [0.25, 0.3) is 5.56 Å². The number of aromatic nitrogens is 3. The first-order valence-corrected chi connectivity index (χ1v) is 7.93. The molecule has 7 nitrogen and oxygen atoms in total. The molecule has 0 aliphatic carbocycles. The Morgan fingerprint density at radius 2 is 2.26 bits per heavy atom. The summed E-state index contributed by atoms with van der Waals surface area (Å²) in [6.45, 7) is 5.69. The number of fused-ring (bicyclic) bond motifs is 1. The van der Waals surface area contributed by atoms with Gasteiger partial charge in [-0.15, -0.1) is 0 Å². The summed E-state index contributed by atoms with van der Waals surface area (Å²) in [5.74, 6) is 0.0352. The topological polar surface area (TPSA) is 99.5 Å². The van der Waals surface area contributed by atoms with E-state index in [0.717, 1.165) is 6.42 Å². The second kappa shape index (κ2) is 7.41. The molecule has 3 N–H and O–H groups in total. The fourth-order valence-electron chi connectivity index (χ4n) is 2.56. The highest BCUT2D eigenvalue weighted by atomic mass is 16.3. The Morgan fingerprint density at radius 1 is 1.52 bits per heavy atom. The van der Waals surface area contributed by atoms with Gasteiger partial charge in [0.05, 0.1) is 12.6 Å². The van der Waals surface area contributed by atoms with Gasteiger partial charge in [-0.2, -0.15) is 0 Å². The molecule has 126 valence electrons. The van der Waals surface area contributed by atoms with Gasteiger partial charge in [0.2, 0.25) is 5.91 Å². The molecule has 0 saturated heterocycles. The zero-order chi connectivity index (χ0) is 17.0. The normalized spacial score (nSPS) is 13.9. The van der Waals surface area contributed by atoms with Crippen LogP contribution in [0.1, 0.15) is 37.9 Å². The Balaban J connectivity index is 2.06. The van der Waals surface area contributed by atoms with Crippen LogP contribution in [0.15, 0.2) is 17.1 Å². The average Bonchev–Trinajstić information content (AvgIpc) is 3.00. The van der Waals surface area contributed by atoms with Crippen molar-refractivity contribution in [2.24, 2.45) is 5.92 Å². The zero-order valence-corrected chi connectivity index (χ0v) is 13.8. The Kier molecular flexibility index (Phi) is 5.54. The summed E-state index contributed by atoms with van der Waals surface area (Å²) in [7, 11) is 0. The number of carbonyl (C=O) groups is 1. The van der Waals surface area contributed by atoms with Crippen LogP contribution in [0.2, 0.25) is 0 Å². The number of amides is 1. The molecule has 0 aliphatic rings. The van der Waals surface area contributed by atoms with Crippen molar-refractivity contribution in [2.45, 2.75) is 46.1 Å². The Hall–Kier alpha value is -2.15. The lowest BCUT2D eigenvalue weighted by molar-refractivity contribution is -0.122. The Morgan fingerprint density at radius 3 is 2.91 bits per heavy atom. The van der Waals surface area contributed by atoms with Crippen LogP contribution in [0.25, 0.3) is 5.65 Å². The van der Waals surface area contributed by atoms with Crippen LogP contribution in [0.5, 0.6) is 0 Å². The summed E-state index contributed by atoms with van der Waals surface area (Å²) in [6, 6.07) is 1.47. The third kappa shape index (κ3) is 3.79. The summed E-state index contributed by atoms with van der Waals surface area (Å²) in [6.07, 6.45) is 3.04. The number of nitrogens with zero attached hydrogens (tertiary/aromatic N) is 2. The third-order valence-corrected chi connectivity index (χ3v) is 4.32. The van der Waals surface area contributed by atoms with Crippen molar-refractivity contribution < 1.29 is 9.90 Å². The fraction of sp³-hybridized carbons (Fsp3) is 0.562. The second-order valence-corrected chi connectivity index (χ2v) is 5.88. The second-order valence-electron chi connectivity index (χ2n) is 5.88. The number of aryl methyl sites for hydroxylation is 1. The van der Waals surface area contributed by atoms with Gasteiger partial charge in [-0.25, -0.2) is 9.50 Å². The monoisotopic (exact) mass is 320 g/mol. The highest BCUT2D eigenvalue weighted by molar-refractivity contribution is 5.76. The first-order chi connectivity index (χ1) is 11.0. The van der Waals surface area contributed by atoms with E-state index in [1.54, 1.807) is 19.2 Å². The van der Waals surface area contributed by atoms with Crippen LogP contribution in [0.4, 0.5) is 0 Å². The minimum absolute atomic E-state index is 0.0849. The molecule has 2 aromatic rings. The molecule has 1 amide bonds. The van der Waals surface area contributed by atoms with E-state index < -0.39 is 0 Å². The molecule has 2 atom stereocenters. The molecule has 0 saturated carbocycles. The standard InChI is InChI=1S/C16H24N4O3/c1-4-10(2)13(9-21)19-15(22)6-5-12-11(3)18-14-7-8-17-20(14)16(12)23/h7-8,10,13,17,21H,4-6,9H2,1-3H3,(H,19,22)/t10-,13+/m1/s1. The van der Waals surface area contributed by atoms with Gasteiger partial charge < -0.3 is 10.4 Å². The largest absolute Gasteiger partial charge is 0.394 e. The molecular formula is C16H24N4O3. The molecular weight excluding hydrogens is 296 g/mol. The van der Waals surface area contributed by atoms with E-state index in [4.69, 9.17) is 0 Å². The van der Waals surface area contributed by atoms with Gasteiger partial charge in [-0.05, 0) is 19.3 Å². The molecule has 7 heteroatoms. The minimum atomic E-state index is -0.251. The van der Waals surface area contributed by atoms with Gasteiger partial charge >= 0.3 is 0 Å². The van der Waals surface area contributed by atoms with Gasteiger partial charge in [0.15, 0.2) is 5.65 Å². The third-order valence-electron chi connectivity index (χ3n) is 4.32. The zero-order valence-electron chi connectivity index (χ0n) is 13.8. The van der Waals surface area contributed by atoms with E-state index in [9.17, 15) is 14.7 Å². The van der Waals surface area contributed by atoms with Crippen LogP contribution in [-0.4, -0.2) is 38.3 Å². The molecule has 2 aromatic heterocycles. The van der Waals surface area contributed by atoms with Crippen molar-refractivity contribution in [1.82, 2.24) is 19.9 Å². The quantitative estimate of drug-likeness (QED) is 0.702. The molecule has 23 heavy (non-hydrogen) atoms. The fourth-order valence-corrected chi connectivity index (χ4v) is 2.56. The number of aromatic amines is 1. The predicted octanol–water partition coefficient (Wildman–Crippen LogP) is 0.787. The molecule has 2 rings (SSSR count). The molecule has 0 aromatic carbocycles. The van der Waals surface area contributed by atoms with E-state index in [1.165, 1.54) is 4.52 Å². The minimum Gasteiger partial charge on any atom is -0.394 e. The molecule has 0 radical (unpaired) electrons. The SMILES string of the molecule is CC[C@@H](C)[C@H](CO)NC(=O)CCc1c(C)nc2cc[nH]n2c1=O. The number of nitrogens with one attached hydrogen (secondary N) is 2. The van der Waals surface area contributed by atoms with Gasteiger partial charge in [-0.3, -0.25) is 14.7 Å². The van der Waals surface area contributed by atoms with Gasteiger partial charge in [0.1, 0.15) is 0 Å². The van der Waals surface area contributed by atoms with Gasteiger partial charge in [-0.1, -0.05) is 20.3 Å². The van der Waals surface area contributed by atoms with Crippen molar-refractivity contribution in [1.29, 1.82) is 0 Å². The van der Waals surface area contributed by atoms with Crippen molar-refractivity contribution in [2.75, 3.05) is 6.61 Å². The summed E-state index contributed by atoms with van der Waals surface area (Å²) in [4.78, 5) is 28.8. The average molecular weight is 320 g/mol. The van der Waals surface area contributed by atoms with E-state index >= 15 is 0 Å². The Labute approximate surface area is 134 Å². The maximum atomic E-state index is 12.4. The highest BCUT2D eigenvalue weighted by Gasteiger charge is 2.18. The molecule has 0 bridgehead atoms. The summed E-state index contributed by atoms with van der Waals surface area (Å²) in [5, 5.41) is 15.0. The number of hydrogen-bond donors (Lipinski definition) is 3. The van der Waals surface area contributed by atoms with Crippen molar-refractivity contribution >= 4 is 11.6 Å². The predicted molar refractivity (Wildman–Crippen MR) is 87.3 cm³/mol. The van der Waals surface area contributed by atoms with Gasteiger partial charge in [0, 0.05) is 29.9 Å². The Bertz CT molecular complexity index is 734. The maximum absolute atomic E-state index is 12.4. The summed E-state index contributed by atoms with van der Waals surface area (Å²) in [5.41, 5.74) is 1.57. The highest BCUT2D eigenvalue weighted by Crippen LogP contribution is 2.09. The van der Waals surface area contributed by atoms with Crippen molar-refractivity contribution in [3.63, 3.8) is 0 Å². The lowest BCUT2D eigenvalue weighted by Crippen LogP contribution is -2.42. The number of carbonyl (C=O) groups excluding carboxylic acids is 1. The maximum Gasteiger partial charge on any atom is 0.276 e. The number of aliphatic hydroxyl groups is 1. The molecule has 0 fully saturated rings. The van der Waals surface area contributed by atoms with Crippen molar-refractivity contribution in [3.05, 3.63) is 33.9 Å². The number of aliphatic hydroxyl groups excluding tert-OH is 1. The smallest absolute Gasteiger partial charge is 0.276 e. The lowest BCUT2D eigenvalue weighted by Gasteiger charge is -2.22. The van der Waals surface area contributed by atoms with Crippen LogP contribution in [0.3, 0.4) is 0 Å². The van der Waals surface area contributed by atoms with Crippen LogP contribution < -0.4 is 10.9 Å². The van der Waals surface area contributed by atoms with E-state index in [0.29, 0.717) is 23.3 Å². The van der Waals surface area contributed by atoms with Crippen molar-refractivity contribution in [3.8, 4) is 0 Å². The van der Waals surface area contributed by atoms with Crippen LogP contribution in [-0.2, 0) is 11.2 Å². The van der Waals surface area contributed by atoms with Crippen LogP contribution in [0, 0.1) is 12.8 Å². The van der Waals surface area contributed by atoms with Crippen LogP contribution >= 0.6 is 0 Å². The molecule has 0 spiro atoms. The molecule has 2 heterocycles. The van der Waals surface area contributed by atoms with E-state index in [-0.39, 0.29) is 36.5 Å². The molecule has 0 aliphatic heterocycles.